The van der Waals surface area contributed by atoms with Gasteiger partial charge in [-0.2, -0.15) is 0 Å². The second-order valence-electron chi connectivity index (χ2n) is 3.58. The third-order valence-electron chi connectivity index (χ3n) is 2.30. The first-order valence-electron chi connectivity index (χ1n) is 5.19. The molecular formula is C13H9ClN2O2. The van der Waals surface area contributed by atoms with Crippen LogP contribution in [0, 0.1) is 10.1 Å². The number of benzene rings is 1. The second-order valence-corrected chi connectivity index (χ2v) is 4.02. The van der Waals surface area contributed by atoms with E-state index < -0.39 is 4.92 Å². The van der Waals surface area contributed by atoms with Crippen molar-refractivity contribution in [1.82, 2.24) is 4.98 Å². The summed E-state index contributed by atoms with van der Waals surface area (Å²) in [5.74, 6) is 0. The molecule has 4 nitrogen and oxygen atoms in total. The van der Waals surface area contributed by atoms with E-state index in [1.54, 1.807) is 24.3 Å². The molecule has 90 valence electrons. The van der Waals surface area contributed by atoms with Gasteiger partial charge in [0.05, 0.1) is 10.6 Å². The third-order valence-corrected chi connectivity index (χ3v) is 2.55. The highest BCUT2D eigenvalue weighted by atomic mass is 35.5. The molecule has 0 aliphatic heterocycles. The molecule has 0 spiro atoms. The van der Waals surface area contributed by atoms with Gasteiger partial charge in [-0.3, -0.25) is 10.1 Å². The summed E-state index contributed by atoms with van der Waals surface area (Å²) in [5, 5.41) is 11.1. The Morgan fingerprint density at radius 2 is 1.83 bits per heavy atom. The largest absolute Gasteiger partial charge is 0.287 e. The van der Waals surface area contributed by atoms with Crippen molar-refractivity contribution >= 4 is 29.4 Å². The van der Waals surface area contributed by atoms with Gasteiger partial charge in [-0.1, -0.05) is 29.8 Å². The van der Waals surface area contributed by atoms with Crippen molar-refractivity contribution in [2.45, 2.75) is 0 Å². The summed E-state index contributed by atoms with van der Waals surface area (Å²) < 4.78 is 0. The molecule has 1 aromatic carbocycles. The van der Waals surface area contributed by atoms with E-state index in [2.05, 4.69) is 4.98 Å². The fourth-order valence-electron chi connectivity index (χ4n) is 1.36. The Balaban J connectivity index is 2.13. The summed E-state index contributed by atoms with van der Waals surface area (Å²) in [7, 11) is 0. The standard InChI is InChI=1S/C13H9ClN2O2/c14-11-4-1-10(2-5-11)3-6-12-7-8-13(9-15-12)16(17)18/h1-9H/b6-3+. The number of hydrogen-bond acceptors (Lipinski definition) is 3. The lowest BCUT2D eigenvalue weighted by Gasteiger charge is -1.95. The van der Waals surface area contributed by atoms with E-state index in [0.29, 0.717) is 10.7 Å². The van der Waals surface area contributed by atoms with Crippen LogP contribution in [0.1, 0.15) is 11.3 Å². The van der Waals surface area contributed by atoms with Gasteiger partial charge in [-0.25, -0.2) is 4.98 Å². The van der Waals surface area contributed by atoms with Crippen LogP contribution in [0.5, 0.6) is 0 Å². The van der Waals surface area contributed by atoms with Crippen molar-refractivity contribution in [2.75, 3.05) is 0 Å². The van der Waals surface area contributed by atoms with Crippen molar-refractivity contribution in [2.24, 2.45) is 0 Å². The molecule has 0 N–H and O–H groups in total. The van der Waals surface area contributed by atoms with Gasteiger partial charge >= 0.3 is 0 Å². The number of aromatic nitrogens is 1. The maximum absolute atomic E-state index is 10.5. The molecule has 0 unspecified atom stereocenters. The molecule has 0 atom stereocenters. The first kappa shape index (κ1) is 12.3. The van der Waals surface area contributed by atoms with Gasteiger partial charge in [-0.05, 0) is 29.8 Å². The third kappa shape index (κ3) is 3.15. The van der Waals surface area contributed by atoms with Crippen LogP contribution in [0.3, 0.4) is 0 Å². The SMILES string of the molecule is O=[N+]([O-])c1ccc(/C=C/c2ccc(Cl)cc2)nc1. The van der Waals surface area contributed by atoms with Crippen LogP contribution in [-0.4, -0.2) is 9.91 Å². The van der Waals surface area contributed by atoms with Crippen LogP contribution in [0.25, 0.3) is 12.2 Å². The molecular weight excluding hydrogens is 252 g/mol. The van der Waals surface area contributed by atoms with Crippen LogP contribution in [0.15, 0.2) is 42.6 Å². The lowest BCUT2D eigenvalue weighted by molar-refractivity contribution is -0.385. The van der Waals surface area contributed by atoms with E-state index in [4.69, 9.17) is 11.6 Å². The zero-order valence-electron chi connectivity index (χ0n) is 9.29. The smallest absolute Gasteiger partial charge is 0.258 e. The van der Waals surface area contributed by atoms with E-state index >= 15 is 0 Å². The summed E-state index contributed by atoms with van der Waals surface area (Å²) in [5.41, 5.74) is 1.63. The number of pyridine rings is 1. The second kappa shape index (κ2) is 5.42. The average molecular weight is 261 g/mol. The molecule has 1 aromatic heterocycles. The first-order valence-corrected chi connectivity index (χ1v) is 5.57. The predicted molar refractivity (Wildman–Crippen MR) is 71.3 cm³/mol. The van der Waals surface area contributed by atoms with Gasteiger partial charge in [0, 0.05) is 11.1 Å². The van der Waals surface area contributed by atoms with E-state index in [0.717, 1.165) is 5.56 Å². The Morgan fingerprint density at radius 3 is 2.39 bits per heavy atom. The van der Waals surface area contributed by atoms with Crippen molar-refractivity contribution in [3.8, 4) is 0 Å². The molecule has 0 fully saturated rings. The van der Waals surface area contributed by atoms with Crippen LogP contribution in [0.2, 0.25) is 5.02 Å². The molecule has 0 saturated heterocycles. The molecule has 2 aromatic rings. The topological polar surface area (TPSA) is 56.0 Å². The highest BCUT2D eigenvalue weighted by Crippen LogP contribution is 2.13. The fourth-order valence-corrected chi connectivity index (χ4v) is 1.49. The maximum Gasteiger partial charge on any atom is 0.287 e. The molecule has 1 heterocycles. The Labute approximate surface area is 109 Å². The van der Waals surface area contributed by atoms with Gasteiger partial charge in [0.15, 0.2) is 0 Å². The van der Waals surface area contributed by atoms with E-state index in [-0.39, 0.29) is 5.69 Å². The molecule has 0 bridgehead atoms. The molecule has 0 radical (unpaired) electrons. The number of hydrogen-bond donors (Lipinski definition) is 0. The molecule has 18 heavy (non-hydrogen) atoms. The van der Waals surface area contributed by atoms with E-state index in [1.165, 1.54) is 12.3 Å². The van der Waals surface area contributed by atoms with Gasteiger partial charge in [0.1, 0.15) is 6.20 Å². The molecule has 2 rings (SSSR count). The zero-order chi connectivity index (χ0) is 13.0. The summed E-state index contributed by atoms with van der Waals surface area (Å²) in [6.45, 7) is 0. The molecule has 0 saturated carbocycles. The zero-order valence-corrected chi connectivity index (χ0v) is 10.0. The van der Waals surface area contributed by atoms with Crippen LogP contribution >= 0.6 is 11.6 Å². The molecule has 0 aliphatic carbocycles. The first-order chi connectivity index (χ1) is 8.65. The summed E-state index contributed by atoms with van der Waals surface area (Å²) in [6, 6.07) is 10.4. The van der Waals surface area contributed by atoms with Crippen LogP contribution < -0.4 is 0 Å². The van der Waals surface area contributed by atoms with Crippen molar-refractivity contribution in [3.05, 3.63) is 69.0 Å². The highest BCUT2D eigenvalue weighted by molar-refractivity contribution is 6.30. The van der Waals surface area contributed by atoms with Gasteiger partial charge in [0.2, 0.25) is 0 Å². The summed E-state index contributed by atoms with van der Waals surface area (Å²) in [4.78, 5) is 14.0. The number of nitrogens with zero attached hydrogens (tertiary/aromatic N) is 2. The van der Waals surface area contributed by atoms with Gasteiger partial charge in [-0.15, -0.1) is 0 Å². The Kier molecular flexibility index (Phi) is 3.69. The van der Waals surface area contributed by atoms with E-state index in [1.807, 2.05) is 18.2 Å². The monoisotopic (exact) mass is 260 g/mol. The quantitative estimate of drug-likeness (QED) is 0.623. The predicted octanol–water partition coefficient (Wildman–Crippen LogP) is 3.81. The minimum Gasteiger partial charge on any atom is -0.258 e. The van der Waals surface area contributed by atoms with Crippen molar-refractivity contribution in [1.29, 1.82) is 0 Å². The van der Waals surface area contributed by atoms with Crippen LogP contribution in [0.4, 0.5) is 5.69 Å². The number of halogens is 1. The average Bonchev–Trinajstić information content (AvgIpc) is 2.38. The highest BCUT2D eigenvalue weighted by Gasteiger charge is 2.03. The minimum atomic E-state index is -0.473. The Bertz CT molecular complexity index is 577. The van der Waals surface area contributed by atoms with Gasteiger partial charge in [0.25, 0.3) is 5.69 Å². The normalized spacial score (nSPS) is 10.7. The molecule has 0 amide bonds. The van der Waals surface area contributed by atoms with Crippen LogP contribution in [-0.2, 0) is 0 Å². The lowest BCUT2D eigenvalue weighted by atomic mass is 10.2. The fraction of sp³-hybridized carbons (Fsp3) is 0. The molecule has 5 heteroatoms. The Hall–Kier alpha value is -2.20. The van der Waals surface area contributed by atoms with Crippen molar-refractivity contribution in [3.63, 3.8) is 0 Å². The number of rotatable bonds is 3. The number of nitro groups is 1. The minimum absolute atomic E-state index is 0.0151. The maximum atomic E-state index is 10.5. The summed E-state index contributed by atoms with van der Waals surface area (Å²) >= 11 is 5.78. The van der Waals surface area contributed by atoms with Crippen molar-refractivity contribution < 1.29 is 4.92 Å². The lowest BCUT2D eigenvalue weighted by Crippen LogP contribution is -1.89. The summed E-state index contributed by atoms with van der Waals surface area (Å²) in [6.07, 6.45) is 4.89. The van der Waals surface area contributed by atoms with Gasteiger partial charge < -0.3 is 0 Å². The van der Waals surface area contributed by atoms with E-state index in [9.17, 15) is 10.1 Å². The molecule has 0 aliphatic rings. The Morgan fingerprint density at radius 1 is 1.11 bits per heavy atom.